The number of aromatic hydroxyl groups is 1. The molecule has 13 heteroatoms. The Kier molecular flexibility index (Phi) is 7.13. The number of nitrogens with two attached hydrogens (primary N) is 2. The van der Waals surface area contributed by atoms with Crippen molar-refractivity contribution in [3.05, 3.63) is 75.0 Å². The standard InChI is InChI=1S/C29H30F3N3O7/c1-35(2)23-15-5-11-4-14-13(10-7-16(30)22(32)17(31)8-10)6-12(9-33)24(36)19(14)25(37)18(11)26(38)20(15)29(41,42-3)21(27(23)39)28(34)40/h6-8,11,15,20,23,36,38-39,41H,4-5,9,33H2,1-3H3,(H2,34,40)/t11?,15?,20?,23-,29+/m0/s1. The Morgan fingerprint density at radius 3 is 2.26 bits per heavy atom. The molecule has 8 N–H and O–H groups in total. The highest BCUT2D eigenvalue weighted by Gasteiger charge is 2.61. The number of hydrogen-bond donors (Lipinski definition) is 6. The fourth-order valence-electron chi connectivity index (χ4n) is 7.01. The van der Waals surface area contributed by atoms with Gasteiger partial charge in [-0.1, -0.05) is 0 Å². The lowest BCUT2D eigenvalue weighted by Gasteiger charge is -2.52. The Bertz CT molecular complexity index is 1580. The van der Waals surface area contributed by atoms with Crippen LogP contribution in [-0.4, -0.2) is 70.1 Å². The second-order valence-corrected chi connectivity index (χ2v) is 11.1. The van der Waals surface area contributed by atoms with E-state index in [1.165, 1.54) is 6.07 Å². The highest BCUT2D eigenvalue weighted by Crippen LogP contribution is 2.55. The first-order valence-electron chi connectivity index (χ1n) is 13.1. The van der Waals surface area contributed by atoms with Crippen LogP contribution in [0.15, 0.2) is 40.9 Å². The molecular weight excluding hydrogens is 559 g/mol. The number of phenolic OH excluding ortho intramolecular Hbond substituents is 1. The molecule has 2 aromatic rings. The lowest BCUT2D eigenvalue weighted by molar-refractivity contribution is -0.219. The van der Waals surface area contributed by atoms with E-state index in [-0.39, 0.29) is 52.8 Å². The Morgan fingerprint density at radius 2 is 1.74 bits per heavy atom. The molecule has 0 radical (unpaired) electrons. The van der Waals surface area contributed by atoms with Crippen molar-refractivity contribution in [1.29, 1.82) is 0 Å². The van der Waals surface area contributed by atoms with Gasteiger partial charge in [0.2, 0.25) is 5.79 Å². The minimum Gasteiger partial charge on any atom is -0.511 e. The maximum absolute atomic E-state index is 14.3. The van der Waals surface area contributed by atoms with E-state index < -0.39 is 81.6 Å². The number of phenols is 1. The molecule has 0 aliphatic heterocycles. The number of primary amides is 1. The van der Waals surface area contributed by atoms with Gasteiger partial charge >= 0.3 is 0 Å². The van der Waals surface area contributed by atoms with Crippen LogP contribution in [0.1, 0.15) is 27.9 Å². The Hall–Kier alpha value is -3.91. The van der Waals surface area contributed by atoms with Crippen molar-refractivity contribution in [3.8, 4) is 16.9 Å². The van der Waals surface area contributed by atoms with E-state index in [0.29, 0.717) is 0 Å². The lowest BCUT2D eigenvalue weighted by Crippen LogP contribution is -2.61. The van der Waals surface area contributed by atoms with Crippen molar-refractivity contribution >= 4 is 11.7 Å². The molecule has 1 amide bonds. The quantitative estimate of drug-likeness (QED) is 0.225. The van der Waals surface area contributed by atoms with E-state index in [9.17, 15) is 43.2 Å². The first-order chi connectivity index (χ1) is 19.7. The molecule has 3 unspecified atom stereocenters. The van der Waals surface area contributed by atoms with Gasteiger partial charge in [0.05, 0.1) is 17.5 Å². The number of carbonyl (C=O) groups is 2. The SMILES string of the molecule is CO[C@@]1(O)C(C(N)=O)=C(O)[C@@H](N(C)C)C2CC3Cc4c(-c5cc(F)c(F)c(F)c5)cc(CN)c(O)c4C(=O)C3=C(O)C21. The van der Waals surface area contributed by atoms with E-state index in [0.717, 1.165) is 19.2 Å². The van der Waals surface area contributed by atoms with E-state index in [1.54, 1.807) is 19.0 Å². The summed E-state index contributed by atoms with van der Waals surface area (Å²) in [5.74, 6) is -13.9. The molecule has 0 saturated heterocycles. The number of halogens is 3. The summed E-state index contributed by atoms with van der Waals surface area (Å²) >= 11 is 0. The molecule has 0 spiro atoms. The van der Waals surface area contributed by atoms with E-state index >= 15 is 0 Å². The number of aliphatic hydroxyl groups is 3. The molecule has 0 fully saturated rings. The van der Waals surface area contributed by atoms with Gasteiger partial charge in [-0.2, -0.15) is 0 Å². The number of aliphatic hydroxyl groups excluding tert-OH is 2. The van der Waals surface area contributed by atoms with Crippen LogP contribution in [0.2, 0.25) is 0 Å². The number of hydrogen-bond acceptors (Lipinski definition) is 9. The zero-order valence-electron chi connectivity index (χ0n) is 22.9. The summed E-state index contributed by atoms with van der Waals surface area (Å²) in [6.45, 7) is -0.273. The van der Waals surface area contributed by atoms with Gasteiger partial charge in [0.25, 0.3) is 5.91 Å². The highest BCUT2D eigenvalue weighted by molar-refractivity contribution is 6.14. The van der Waals surface area contributed by atoms with Crippen molar-refractivity contribution in [2.75, 3.05) is 21.2 Å². The zero-order chi connectivity index (χ0) is 31.0. The number of allylic oxidation sites excluding steroid dienone is 1. The smallest absolute Gasteiger partial charge is 0.253 e. The summed E-state index contributed by atoms with van der Waals surface area (Å²) in [6.07, 6.45) is 0.0294. The fourth-order valence-corrected chi connectivity index (χ4v) is 7.01. The molecular formula is C29H30F3N3O7. The lowest BCUT2D eigenvalue weighted by atomic mass is 9.59. The van der Waals surface area contributed by atoms with Crippen LogP contribution in [0.4, 0.5) is 13.2 Å². The molecule has 0 bridgehead atoms. The van der Waals surface area contributed by atoms with Crippen LogP contribution in [-0.2, 0) is 22.5 Å². The number of Topliss-reactive ketones (excluding diaryl/α,β-unsaturated/α-hetero) is 1. The molecule has 3 aliphatic rings. The number of ketones is 1. The second kappa shape index (κ2) is 10.1. The van der Waals surface area contributed by atoms with Crippen LogP contribution >= 0.6 is 0 Å². The van der Waals surface area contributed by atoms with E-state index in [2.05, 4.69) is 0 Å². The fraction of sp³-hybridized carbons (Fsp3) is 0.379. The number of amides is 1. The molecule has 5 atom stereocenters. The van der Waals surface area contributed by atoms with Gasteiger partial charge < -0.3 is 36.6 Å². The van der Waals surface area contributed by atoms with Crippen molar-refractivity contribution in [1.82, 2.24) is 4.90 Å². The molecule has 0 heterocycles. The molecule has 0 aromatic heterocycles. The minimum absolute atomic E-state index is 0.0310. The average molecular weight is 590 g/mol. The summed E-state index contributed by atoms with van der Waals surface area (Å²) in [4.78, 5) is 28.1. The van der Waals surface area contributed by atoms with Crippen molar-refractivity contribution < 1.29 is 47.9 Å². The molecule has 42 heavy (non-hydrogen) atoms. The largest absolute Gasteiger partial charge is 0.511 e. The van der Waals surface area contributed by atoms with Gasteiger partial charge in [-0.15, -0.1) is 0 Å². The third-order valence-electron chi connectivity index (χ3n) is 8.72. The topological polar surface area (TPSA) is 180 Å². The van der Waals surface area contributed by atoms with Crippen LogP contribution in [0.25, 0.3) is 11.1 Å². The van der Waals surface area contributed by atoms with Crippen LogP contribution in [0.5, 0.6) is 5.75 Å². The van der Waals surface area contributed by atoms with Crippen molar-refractivity contribution in [2.45, 2.75) is 31.2 Å². The Labute approximate surface area is 238 Å². The molecule has 0 saturated carbocycles. The number of fused-ring (bicyclic) bond motifs is 3. The van der Waals surface area contributed by atoms with Gasteiger partial charge in [-0.25, -0.2) is 13.2 Å². The van der Waals surface area contributed by atoms with E-state index in [1.807, 2.05) is 0 Å². The summed E-state index contributed by atoms with van der Waals surface area (Å²) in [5, 5.41) is 45.4. The predicted octanol–water partition coefficient (Wildman–Crippen LogP) is 2.31. The van der Waals surface area contributed by atoms with E-state index in [4.69, 9.17) is 16.2 Å². The van der Waals surface area contributed by atoms with Gasteiger partial charge in [-0.05, 0) is 73.7 Å². The number of likely N-dealkylation sites (N-methyl/N-ethyl adjacent to an activating group) is 1. The number of benzene rings is 2. The van der Waals surface area contributed by atoms with Gasteiger partial charge in [0.1, 0.15) is 22.8 Å². The molecule has 5 rings (SSSR count). The van der Waals surface area contributed by atoms with Gasteiger partial charge in [0, 0.05) is 24.8 Å². The summed E-state index contributed by atoms with van der Waals surface area (Å²) in [7, 11) is 4.26. The number of methoxy groups -OCH3 is 1. The maximum Gasteiger partial charge on any atom is 0.253 e. The monoisotopic (exact) mass is 589 g/mol. The Morgan fingerprint density at radius 1 is 1.12 bits per heavy atom. The number of carbonyl (C=O) groups excluding carboxylic acids is 2. The maximum atomic E-state index is 14.3. The zero-order valence-corrected chi connectivity index (χ0v) is 22.9. The minimum atomic E-state index is -2.61. The number of ether oxygens (including phenoxy) is 1. The summed E-state index contributed by atoms with van der Waals surface area (Å²) in [6, 6.07) is 1.96. The third kappa shape index (κ3) is 4.02. The first kappa shape index (κ1) is 29.6. The number of rotatable bonds is 5. The summed E-state index contributed by atoms with van der Waals surface area (Å²) < 4.78 is 47.6. The third-order valence-corrected chi connectivity index (χ3v) is 8.72. The molecule has 224 valence electrons. The highest BCUT2D eigenvalue weighted by atomic mass is 19.2. The predicted molar refractivity (Wildman–Crippen MR) is 142 cm³/mol. The van der Waals surface area contributed by atoms with Crippen LogP contribution < -0.4 is 11.5 Å². The van der Waals surface area contributed by atoms with Crippen LogP contribution in [0, 0.1) is 35.2 Å². The first-order valence-corrected chi connectivity index (χ1v) is 13.1. The van der Waals surface area contributed by atoms with Crippen LogP contribution in [0.3, 0.4) is 0 Å². The molecule has 3 aliphatic carbocycles. The normalized spacial score (nSPS) is 27.2. The second-order valence-electron chi connectivity index (χ2n) is 11.1. The van der Waals surface area contributed by atoms with Crippen molar-refractivity contribution in [3.63, 3.8) is 0 Å². The molecule has 10 nitrogen and oxygen atoms in total. The molecule has 2 aromatic carbocycles. The summed E-state index contributed by atoms with van der Waals surface area (Å²) in [5.41, 5.74) is 10.5. The van der Waals surface area contributed by atoms with Gasteiger partial charge in [0.15, 0.2) is 23.2 Å². The average Bonchev–Trinajstić information content (AvgIpc) is 2.90. The van der Waals surface area contributed by atoms with Gasteiger partial charge in [-0.3, -0.25) is 14.5 Å². The van der Waals surface area contributed by atoms with Crippen molar-refractivity contribution in [2.24, 2.45) is 29.2 Å². The number of nitrogens with zero attached hydrogens (tertiary/aromatic N) is 1. The Balaban J connectivity index is 1.77.